The van der Waals surface area contributed by atoms with Gasteiger partial charge in [0.25, 0.3) is 11.8 Å². The summed E-state index contributed by atoms with van der Waals surface area (Å²) in [6.07, 6.45) is 36.2. The molecule has 21 rings (SSSR count). The predicted octanol–water partition coefficient (Wildman–Crippen LogP) is 9.42. The molecule has 4 fully saturated rings. The van der Waals surface area contributed by atoms with E-state index in [-0.39, 0.29) is 93.7 Å². The highest BCUT2D eigenvalue weighted by Crippen LogP contribution is 2.43. The van der Waals surface area contributed by atoms with Crippen LogP contribution < -0.4 is 22.9 Å². The number of aliphatic hydroxyl groups excluding tert-OH is 5. The van der Waals surface area contributed by atoms with Gasteiger partial charge in [0, 0.05) is 200 Å². The Morgan fingerprint density at radius 2 is 0.660 bits per heavy atom. The molecule has 1 aromatic carbocycles. The maximum Gasteiger partial charge on any atom is 0.255 e. The molecule has 4 aliphatic heterocycles. The van der Waals surface area contributed by atoms with Crippen molar-refractivity contribution in [3.63, 3.8) is 0 Å². The van der Waals surface area contributed by atoms with Crippen LogP contribution in [0.2, 0.25) is 0 Å². The van der Waals surface area contributed by atoms with E-state index in [4.69, 9.17) is 42.9 Å². The van der Waals surface area contributed by atoms with Crippen molar-refractivity contribution in [2.45, 2.75) is 130 Å². The smallest absolute Gasteiger partial charge is 0.255 e. The number of nitrogens with zero attached hydrogens (tertiary/aromatic N) is 27. The van der Waals surface area contributed by atoms with Gasteiger partial charge >= 0.3 is 0 Å². The average Bonchev–Trinajstić information content (AvgIpc) is 1.60. The van der Waals surface area contributed by atoms with Gasteiger partial charge in [-0.05, 0) is 154 Å². The second-order valence-corrected chi connectivity index (χ2v) is 38.3. The van der Waals surface area contributed by atoms with Gasteiger partial charge < -0.3 is 68.1 Å². The number of hydrogen-bond donors (Lipinski definition) is 9. The number of aliphatic hydroxyl groups is 5. The van der Waals surface area contributed by atoms with Crippen LogP contribution in [0.3, 0.4) is 0 Å². The van der Waals surface area contributed by atoms with Crippen molar-refractivity contribution in [2.24, 2.45) is 10.8 Å². The van der Waals surface area contributed by atoms with E-state index < -0.39 is 43.4 Å². The molecule has 0 unspecified atom stereocenters. The molecule has 770 valence electrons. The molecule has 150 heavy (non-hydrogen) atoms. The van der Waals surface area contributed by atoms with Crippen LogP contribution in [0.5, 0.6) is 0 Å². The highest BCUT2D eigenvalue weighted by atomic mass is 16.3. The van der Waals surface area contributed by atoms with Gasteiger partial charge in [-0.2, -0.15) is 38.5 Å². The van der Waals surface area contributed by atoms with E-state index in [1.807, 2.05) is 107 Å². The van der Waals surface area contributed by atoms with Crippen molar-refractivity contribution < 1.29 is 63.9 Å². The number of carbonyl (C=O) groups excluding carboxylic acids is 8. The van der Waals surface area contributed by atoms with Gasteiger partial charge in [-0.25, -0.2) is 49.8 Å². The van der Waals surface area contributed by atoms with Gasteiger partial charge in [0.1, 0.15) is 65.8 Å². The van der Waals surface area contributed by atoms with Crippen molar-refractivity contribution in [3.05, 3.63) is 260 Å². The zero-order chi connectivity index (χ0) is 106. The third-order valence-electron chi connectivity index (χ3n) is 28.3. The minimum atomic E-state index is -1.23. The average molecular weight is 2030 g/mol. The third-order valence-corrected chi connectivity index (χ3v) is 28.3. The number of benzene rings is 1. The number of fused-ring (bicyclic) bond motifs is 4. The molecular formula is C106H113N31O13. The number of nitrogen functional groups attached to an aromatic ring is 4. The molecule has 20 heterocycles. The molecule has 16 aromatic heterocycles. The second kappa shape index (κ2) is 43.7. The standard InChI is InChI=1S/C30H27N7O2.2C26H30N8O4.C24H26N8O3/c1-19(38)26-27(21-11-14-36(15-12-21)30(39)23-8-5-13-32-16-23)35-29-24(18-34-37(29)28(26)31)22-9-10-25(33-17-22)20-6-3-2-4-7-20;2*1-16(37)21-22(17-5-8-32(9-6-17)25(38)26(2,13-35)14-36)31-24-19(12-30-34(24)23(21)27)18-3-4-20(29-11-18)33-10-7-28-15-33;1-14(33)20-21(16-5-8-30(9-6-16)24(35)15(2)34)29-23-18(12-28-32(23)22(20)25)17-3-4-19(27-11-17)31-10-7-26-13-31/h2-10,13,16-18,21H,11-12,14-15,31H2,1H3;2*3-4,7,10-12,15,17,35-36H,5-6,8-9,13-14,27H2,1-2H3;3-4,7,10-13,15-16,34H,5-6,8-9,25H2,1-2H3/t;;;15-/m...1/s1. The Bertz CT molecular complexity index is 7590. The SMILES string of the molecule is CC(=O)c1c(C2CCN(C(=O)C(C)(CO)CO)CC2)nc2c(-c3ccc(-n4ccnc4)nc3)cnn2c1N.CC(=O)c1c(C2CCN(C(=O)C(C)(CO)CO)CC2)nc2c(-c3ccc(-n4ccnc4)nc3)cnn2c1N.CC(=O)c1c(C2CCN(C(=O)[C@@H](C)O)CC2)nc2c(-c3ccc(-n4ccnc4)nc3)cnn2c1N.CC(=O)c1c(C2CCN(C(=O)c3cccnc3)CC2)nc2c(-c3ccc(-c4ccccc4)nc3)cnn2c1N. The fraction of sp³-hybridized carbons (Fsp3) is 0.321. The van der Waals surface area contributed by atoms with E-state index in [0.29, 0.717) is 177 Å². The molecule has 0 aliphatic carbocycles. The fourth-order valence-corrected chi connectivity index (χ4v) is 19.7. The van der Waals surface area contributed by atoms with Gasteiger partial charge in [-0.1, -0.05) is 36.4 Å². The number of pyridine rings is 5. The molecule has 44 heteroatoms. The van der Waals surface area contributed by atoms with Crippen molar-refractivity contribution >= 4 is 92.6 Å². The van der Waals surface area contributed by atoms with Crippen molar-refractivity contribution in [1.29, 1.82) is 0 Å². The molecule has 13 N–H and O–H groups in total. The normalized spacial score (nSPS) is 14.7. The van der Waals surface area contributed by atoms with Crippen molar-refractivity contribution in [2.75, 3.05) is 102 Å². The van der Waals surface area contributed by atoms with Gasteiger partial charge in [0.05, 0.1) is 118 Å². The number of anilines is 4. The Hall–Kier alpha value is -17.4. The molecule has 17 aromatic rings. The Balaban J connectivity index is 0.000000131. The van der Waals surface area contributed by atoms with Crippen LogP contribution in [0.25, 0.3) is 95.8 Å². The van der Waals surface area contributed by atoms with E-state index in [2.05, 4.69) is 60.3 Å². The Kier molecular flexibility index (Phi) is 29.9. The van der Waals surface area contributed by atoms with E-state index in [0.717, 1.165) is 73.2 Å². The van der Waals surface area contributed by atoms with Crippen LogP contribution in [0, 0.1) is 10.8 Å². The number of rotatable bonds is 24. The van der Waals surface area contributed by atoms with Gasteiger partial charge in [-0.15, -0.1) is 0 Å². The number of hydrogen-bond acceptors (Lipinski definition) is 33. The summed E-state index contributed by atoms with van der Waals surface area (Å²) in [5.41, 5.74) is 38.2. The summed E-state index contributed by atoms with van der Waals surface area (Å²) >= 11 is 0. The summed E-state index contributed by atoms with van der Waals surface area (Å²) in [6, 6.07) is 28.8. The first-order valence-electron chi connectivity index (χ1n) is 49.2. The van der Waals surface area contributed by atoms with Crippen LogP contribution >= 0.6 is 0 Å². The summed E-state index contributed by atoms with van der Waals surface area (Å²) in [5.74, 6) is 1.18. The summed E-state index contributed by atoms with van der Waals surface area (Å²) in [5, 5.41) is 65.8. The zero-order valence-electron chi connectivity index (χ0n) is 83.5. The van der Waals surface area contributed by atoms with E-state index in [9.17, 15) is 63.9 Å². The quantitative estimate of drug-likeness (QED) is 0.0254. The minimum absolute atomic E-state index is 0.0181. The lowest BCUT2D eigenvalue weighted by atomic mass is 9.86. The van der Waals surface area contributed by atoms with E-state index in [1.165, 1.54) is 52.7 Å². The molecule has 0 saturated carbocycles. The molecule has 4 saturated heterocycles. The van der Waals surface area contributed by atoms with Gasteiger partial charge in [0.2, 0.25) is 11.8 Å². The summed E-state index contributed by atoms with van der Waals surface area (Å²) in [4.78, 5) is 162. The molecule has 4 amide bonds. The molecule has 44 nitrogen and oxygen atoms in total. The van der Waals surface area contributed by atoms with Gasteiger partial charge in [-0.3, -0.25) is 62.0 Å². The van der Waals surface area contributed by atoms with Crippen LogP contribution in [-0.4, -0.2) is 289 Å². The first-order chi connectivity index (χ1) is 72.4. The lowest BCUT2D eigenvalue weighted by Crippen LogP contribution is -2.49. The summed E-state index contributed by atoms with van der Waals surface area (Å²) < 4.78 is 11.4. The number of ketones is 4. The van der Waals surface area contributed by atoms with Gasteiger partial charge in [0.15, 0.2) is 45.7 Å². The first-order valence-corrected chi connectivity index (χ1v) is 49.2. The lowest BCUT2D eigenvalue weighted by molar-refractivity contribution is -0.148. The second-order valence-electron chi connectivity index (χ2n) is 38.3. The zero-order valence-corrected chi connectivity index (χ0v) is 83.5. The Morgan fingerprint density at radius 3 is 0.920 bits per heavy atom. The summed E-state index contributed by atoms with van der Waals surface area (Å²) in [7, 11) is 0. The molecular weight excluding hydrogens is 1920 g/mol. The maximum absolute atomic E-state index is 12.9. The van der Waals surface area contributed by atoms with Crippen LogP contribution in [0.1, 0.15) is 198 Å². The third kappa shape index (κ3) is 20.5. The van der Waals surface area contributed by atoms with E-state index >= 15 is 0 Å². The van der Waals surface area contributed by atoms with Crippen LogP contribution in [-0.2, 0) is 14.4 Å². The molecule has 4 aliphatic rings. The topological polar surface area (TPSA) is 593 Å². The van der Waals surface area contributed by atoms with Crippen molar-refractivity contribution in [3.8, 4) is 73.2 Å². The minimum Gasteiger partial charge on any atom is -0.395 e. The maximum atomic E-state index is 12.9. The van der Waals surface area contributed by atoms with Crippen LogP contribution in [0.15, 0.2) is 209 Å². The lowest BCUT2D eigenvalue weighted by Gasteiger charge is -2.37. The first kappa shape index (κ1) is 103. The number of piperidine rings is 4. The number of amides is 4. The molecule has 0 spiro atoms. The Labute approximate surface area is 858 Å². The van der Waals surface area contributed by atoms with Crippen LogP contribution in [0.4, 0.5) is 23.3 Å². The number of carbonyl (C=O) groups is 8. The number of aromatic nitrogens is 23. The number of Topliss-reactive ketones (excluding diaryl/α,β-unsaturated/α-hetero) is 4. The molecule has 0 bridgehead atoms. The highest BCUT2D eigenvalue weighted by molar-refractivity contribution is 6.04. The number of imidazole rings is 3. The van der Waals surface area contributed by atoms with Crippen molar-refractivity contribution in [1.82, 2.24) is 132 Å². The number of likely N-dealkylation sites (tertiary alicyclic amines) is 4. The predicted molar refractivity (Wildman–Crippen MR) is 553 cm³/mol. The highest BCUT2D eigenvalue weighted by Gasteiger charge is 2.42. The van der Waals surface area contributed by atoms with E-state index in [1.54, 1.807) is 149 Å². The number of nitrogens with two attached hydrogens (primary N) is 4. The monoisotopic (exact) mass is 2030 g/mol. The Morgan fingerprint density at radius 1 is 0.353 bits per heavy atom. The molecule has 0 radical (unpaired) electrons. The fourth-order valence-electron chi connectivity index (χ4n) is 19.7. The largest absolute Gasteiger partial charge is 0.395 e. The summed E-state index contributed by atoms with van der Waals surface area (Å²) in [6.45, 7) is 12.4. The molecule has 1 atom stereocenters.